The van der Waals surface area contributed by atoms with E-state index in [4.69, 9.17) is 20.8 Å². The maximum absolute atomic E-state index is 13.0. The van der Waals surface area contributed by atoms with Crippen molar-refractivity contribution in [1.29, 1.82) is 0 Å². The number of hydrogen-bond acceptors (Lipinski definition) is 5. The third kappa shape index (κ3) is 3.72. The van der Waals surface area contributed by atoms with Crippen LogP contribution >= 0.6 is 11.6 Å². The Kier molecular flexibility index (Phi) is 4.91. The Labute approximate surface area is 187 Å². The van der Waals surface area contributed by atoms with Gasteiger partial charge in [-0.1, -0.05) is 11.6 Å². The van der Waals surface area contributed by atoms with Crippen LogP contribution < -0.4 is 15.4 Å². The molecule has 160 valence electrons. The van der Waals surface area contributed by atoms with Crippen LogP contribution in [0.2, 0.25) is 5.02 Å². The number of carbonyl (C=O) groups is 2. The number of halogens is 1. The first-order chi connectivity index (χ1) is 15.5. The zero-order chi connectivity index (χ0) is 22.2. The molecule has 32 heavy (non-hydrogen) atoms. The number of nitrogens with zero attached hydrogens (tertiary/aromatic N) is 2. The Morgan fingerprint density at radius 3 is 2.72 bits per heavy atom. The summed E-state index contributed by atoms with van der Waals surface area (Å²) >= 11 is 6.00. The second-order valence-electron chi connectivity index (χ2n) is 7.19. The van der Waals surface area contributed by atoms with Gasteiger partial charge in [-0.25, -0.2) is 4.68 Å². The molecule has 0 fully saturated rings. The van der Waals surface area contributed by atoms with Gasteiger partial charge in [0.05, 0.1) is 17.6 Å². The summed E-state index contributed by atoms with van der Waals surface area (Å²) in [5.74, 6) is 0.448. The molecule has 1 unspecified atom stereocenters. The molecule has 0 aliphatic carbocycles. The molecule has 0 bridgehead atoms. The van der Waals surface area contributed by atoms with Crippen LogP contribution in [0.5, 0.6) is 5.75 Å². The average Bonchev–Trinajstić information content (AvgIpc) is 3.45. The Balaban J connectivity index is 1.45. The fourth-order valence-electron chi connectivity index (χ4n) is 3.35. The maximum Gasteiger partial charge on any atom is 0.276 e. The Morgan fingerprint density at radius 1 is 1.16 bits per heavy atom. The van der Waals surface area contributed by atoms with Crippen molar-refractivity contribution in [2.24, 2.45) is 0 Å². The summed E-state index contributed by atoms with van der Waals surface area (Å²) in [5, 5.41) is 10.6. The van der Waals surface area contributed by atoms with Gasteiger partial charge in [0.2, 0.25) is 0 Å². The number of rotatable bonds is 4. The standard InChI is InChI=1S/C23H17ClN4O4/c1-13-22(29)26-17-11-15(6-9-20(17)32-13)25-23(30)18-12-19(21-3-2-10-31-21)28(27-18)16-7-4-14(24)5-8-16/h2-13H,1H3,(H,25,30)(H,26,29). The molecule has 0 radical (unpaired) electrons. The van der Waals surface area contributed by atoms with Crippen molar-refractivity contribution >= 4 is 34.8 Å². The number of nitrogens with one attached hydrogen (secondary N) is 2. The summed E-state index contributed by atoms with van der Waals surface area (Å²) in [7, 11) is 0. The lowest BCUT2D eigenvalue weighted by Gasteiger charge is -2.23. The number of aromatic nitrogens is 2. The number of ether oxygens (including phenoxy) is 1. The molecule has 2 aromatic carbocycles. The minimum absolute atomic E-state index is 0.193. The van der Waals surface area contributed by atoms with Crippen LogP contribution in [0.15, 0.2) is 71.3 Å². The van der Waals surface area contributed by atoms with Crippen molar-refractivity contribution in [2.45, 2.75) is 13.0 Å². The van der Waals surface area contributed by atoms with E-state index in [0.29, 0.717) is 33.6 Å². The summed E-state index contributed by atoms with van der Waals surface area (Å²) in [6, 6.07) is 17.3. The molecule has 1 aliphatic rings. The fourth-order valence-corrected chi connectivity index (χ4v) is 3.48. The molecule has 0 saturated heterocycles. The summed E-state index contributed by atoms with van der Waals surface area (Å²) in [6.07, 6.45) is 0.985. The first-order valence-corrected chi connectivity index (χ1v) is 10.2. The topological polar surface area (TPSA) is 98.4 Å². The number of anilines is 2. The predicted molar refractivity (Wildman–Crippen MR) is 119 cm³/mol. The lowest BCUT2D eigenvalue weighted by Crippen LogP contribution is -2.34. The molecule has 0 saturated carbocycles. The minimum Gasteiger partial charge on any atom is -0.479 e. The molecule has 2 amide bonds. The van der Waals surface area contributed by atoms with Crippen molar-refractivity contribution in [1.82, 2.24) is 9.78 Å². The fraction of sp³-hybridized carbons (Fsp3) is 0.0870. The molecule has 5 rings (SSSR count). The van der Waals surface area contributed by atoms with E-state index < -0.39 is 12.0 Å². The van der Waals surface area contributed by atoms with E-state index >= 15 is 0 Å². The van der Waals surface area contributed by atoms with E-state index in [0.717, 1.165) is 5.69 Å². The summed E-state index contributed by atoms with van der Waals surface area (Å²) in [4.78, 5) is 24.8. The predicted octanol–water partition coefficient (Wildman–Crippen LogP) is 4.76. The number of benzene rings is 2. The van der Waals surface area contributed by atoms with E-state index in [1.807, 2.05) is 0 Å². The highest BCUT2D eigenvalue weighted by atomic mass is 35.5. The molecule has 0 spiro atoms. The first-order valence-electron chi connectivity index (χ1n) is 9.81. The lowest BCUT2D eigenvalue weighted by molar-refractivity contribution is -0.122. The van der Waals surface area contributed by atoms with Crippen molar-refractivity contribution in [3.05, 3.63) is 77.6 Å². The Bertz CT molecular complexity index is 1310. The maximum atomic E-state index is 13.0. The van der Waals surface area contributed by atoms with Crippen LogP contribution in [-0.2, 0) is 4.79 Å². The van der Waals surface area contributed by atoms with Gasteiger partial charge in [-0.2, -0.15) is 5.10 Å². The van der Waals surface area contributed by atoms with Crippen LogP contribution in [0.3, 0.4) is 0 Å². The van der Waals surface area contributed by atoms with Crippen molar-refractivity contribution in [2.75, 3.05) is 10.6 Å². The number of furan rings is 1. The highest BCUT2D eigenvalue weighted by molar-refractivity contribution is 6.30. The molecular weight excluding hydrogens is 432 g/mol. The second kappa shape index (κ2) is 7.90. The zero-order valence-electron chi connectivity index (χ0n) is 16.8. The molecule has 3 heterocycles. The second-order valence-corrected chi connectivity index (χ2v) is 7.63. The average molecular weight is 449 g/mol. The van der Waals surface area contributed by atoms with Crippen LogP contribution in [0, 0.1) is 0 Å². The van der Waals surface area contributed by atoms with Gasteiger partial charge in [-0.15, -0.1) is 0 Å². The molecule has 2 aromatic heterocycles. The van der Waals surface area contributed by atoms with E-state index in [-0.39, 0.29) is 11.6 Å². The third-order valence-corrected chi connectivity index (χ3v) is 5.21. The van der Waals surface area contributed by atoms with Gasteiger partial charge in [0.25, 0.3) is 11.8 Å². The van der Waals surface area contributed by atoms with Crippen LogP contribution in [-0.4, -0.2) is 27.7 Å². The monoisotopic (exact) mass is 448 g/mol. The van der Waals surface area contributed by atoms with Crippen molar-refractivity contribution in [3.8, 4) is 22.9 Å². The van der Waals surface area contributed by atoms with E-state index in [2.05, 4.69) is 15.7 Å². The molecule has 2 N–H and O–H groups in total. The number of amides is 2. The normalized spacial score (nSPS) is 14.9. The number of fused-ring (bicyclic) bond motifs is 1. The molecule has 4 aromatic rings. The van der Waals surface area contributed by atoms with Gasteiger partial charge in [0.15, 0.2) is 17.6 Å². The highest BCUT2D eigenvalue weighted by Crippen LogP contribution is 2.32. The molecule has 1 aliphatic heterocycles. The van der Waals surface area contributed by atoms with E-state index in [1.54, 1.807) is 78.5 Å². The summed E-state index contributed by atoms with van der Waals surface area (Å²) in [5.41, 5.74) is 2.52. The van der Waals surface area contributed by atoms with Crippen LogP contribution in [0.25, 0.3) is 17.1 Å². The van der Waals surface area contributed by atoms with Crippen LogP contribution in [0.1, 0.15) is 17.4 Å². The Morgan fingerprint density at radius 2 is 1.97 bits per heavy atom. The van der Waals surface area contributed by atoms with Gasteiger partial charge < -0.3 is 19.8 Å². The Hall–Kier alpha value is -4.04. The number of carbonyl (C=O) groups excluding carboxylic acids is 2. The summed E-state index contributed by atoms with van der Waals surface area (Å²) in [6.45, 7) is 1.67. The van der Waals surface area contributed by atoms with Gasteiger partial charge >= 0.3 is 0 Å². The zero-order valence-corrected chi connectivity index (χ0v) is 17.6. The number of hydrogen-bond donors (Lipinski definition) is 2. The van der Waals surface area contributed by atoms with E-state index in [9.17, 15) is 9.59 Å². The third-order valence-electron chi connectivity index (χ3n) is 4.96. The molecule has 8 nitrogen and oxygen atoms in total. The van der Waals surface area contributed by atoms with Crippen molar-refractivity contribution in [3.63, 3.8) is 0 Å². The molecule has 1 atom stereocenters. The van der Waals surface area contributed by atoms with Crippen LogP contribution in [0.4, 0.5) is 11.4 Å². The SMILES string of the molecule is CC1Oc2ccc(NC(=O)c3cc(-c4ccco4)n(-c4ccc(Cl)cc4)n3)cc2NC1=O. The van der Waals surface area contributed by atoms with Gasteiger partial charge in [-0.05, 0) is 61.5 Å². The molecular formula is C23H17ClN4O4. The summed E-state index contributed by atoms with van der Waals surface area (Å²) < 4.78 is 12.7. The van der Waals surface area contributed by atoms with Gasteiger partial charge in [-0.3, -0.25) is 9.59 Å². The highest BCUT2D eigenvalue weighted by Gasteiger charge is 2.24. The minimum atomic E-state index is -0.570. The first kappa shape index (κ1) is 19.9. The largest absolute Gasteiger partial charge is 0.479 e. The molecule has 9 heteroatoms. The smallest absolute Gasteiger partial charge is 0.276 e. The van der Waals surface area contributed by atoms with E-state index in [1.165, 1.54) is 0 Å². The lowest BCUT2D eigenvalue weighted by atomic mass is 10.2. The van der Waals surface area contributed by atoms with Crippen molar-refractivity contribution < 1.29 is 18.7 Å². The van der Waals surface area contributed by atoms with Gasteiger partial charge in [0, 0.05) is 16.8 Å². The van der Waals surface area contributed by atoms with Gasteiger partial charge in [0.1, 0.15) is 11.4 Å². The quantitative estimate of drug-likeness (QED) is 0.469.